The molecule has 1 aliphatic heterocycles. The van der Waals surface area contributed by atoms with Crippen molar-refractivity contribution in [3.8, 4) is 11.4 Å². The van der Waals surface area contributed by atoms with Crippen LogP contribution in [0.3, 0.4) is 0 Å². The Hall–Kier alpha value is -3.66. The average molecular weight is 528 g/mol. The van der Waals surface area contributed by atoms with E-state index in [9.17, 15) is 18.0 Å². The second-order valence-electron chi connectivity index (χ2n) is 9.98. The molecule has 0 amide bonds. The predicted molar refractivity (Wildman–Crippen MR) is 133 cm³/mol. The van der Waals surface area contributed by atoms with Gasteiger partial charge in [-0.3, -0.25) is 4.90 Å². The van der Waals surface area contributed by atoms with Crippen molar-refractivity contribution in [2.75, 3.05) is 13.1 Å². The summed E-state index contributed by atoms with van der Waals surface area (Å²) in [5, 5.41) is 12.8. The summed E-state index contributed by atoms with van der Waals surface area (Å²) in [6.45, 7) is 1.83. The Kier molecular flexibility index (Phi) is 7.25. The van der Waals surface area contributed by atoms with E-state index in [1.165, 1.54) is 0 Å². The van der Waals surface area contributed by atoms with E-state index in [1.54, 1.807) is 18.2 Å². The molecule has 0 unspecified atom stereocenters. The van der Waals surface area contributed by atoms with E-state index >= 15 is 0 Å². The Bertz CT molecular complexity index is 1270. The Morgan fingerprint density at radius 3 is 2.39 bits per heavy atom. The van der Waals surface area contributed by atoms with Crippen molar-refractivity contribution in [1.82, 2.24) is 15.0 Å². The number of aromatic nitrogens is 2. The number of allylic oxidation sites excluding steroid dienone is 1. The van der Waals surface area contributed by atoms with Gasteiger partial charge in [0.2, 0.25) is 5.82 Å². The molecule has 0 radical (unpaired) electrons. The van der Waals surface area contributed by atoms with Gasteiger partial charge in [0.05, 0.1) is 5.56 Å². The van der Waals surface area contributed by atoms with E-state index in [0.717, 1.165) is 60.9 Å². The number of likely N-dealkylation sites (tertiary alicyclic amines) is 1. The van der Waals surface area contributed by atoms with Crippen molar-refractivity contribution in [1.29, 1.82) is 0 Å². The van der Waals surface area contributed by atoms with Crippen LogP contribution in [-0.2, 0) is 22.9 Å². The van der Waals surface area contributed by atoms with Crippen molar-refractivity contribution >= 4 is 12.2 Å². The molecule has 0 spiro atoms. The van der Waals surface area contributed by atoms with Gasteiger partial charge in [0, 0.05) is 36.7 Å². The first-order chi connectivity index (χ1) is 18.2. The van der Waals surface area contributed by atoms with Crippen LogP contribution in [0.1, 0.15) is 54.7 Å². The highest BCUT2D eigenvalue weighted by molar-refractivity contribution is 5.57. The van der Waals surface area contributed by atoms with E-state index in [2.05, 4.69) is 15.0 Å². The van der Waals surface area contributed by atoms with E-state index in [4.69, 9.17) is 14.4 Å². The Labute approximate surface area is 217 Å². The molecule has 200 valence electrons. The fourth-order valence-electron chi connectivity index (χ4n) is 5.26. The summed E-state index contributed by atoms with van der Waals surface area (Å²) in [5.74, 6) is 0.785. The number of alkyl halides is 3. The number of carbonyl (C=O) groups is 1. The topological polar surface area (TPSA) is 88.7 Å². The summed E-state index contributed by atoms with van der Waals surface area (Å²) >= 11 is 0. The number of halogens is 3. The maximum Gasteiger partial charge on any atom is 0.506 e. The fourth-order valence-corrected chi connectivity index (χ4v) is 5.26. The summed E-state index contributed by atoms with van der Waals surface area (Å²) in [6.07, 6.45) is 2.68. The zero-order chi connectivity index (χ0) is 26.8. The molecule has 1 aromatic heterocycles. The van der Waals surface area contributed by atoms with Gasteiger partial charge in [-0.2, -0.15) is 18.2 Å². The van der Waals surface area contributed by atoms with Gasteiger partial charge >= 0.3 is 12.3 Å². The van der Waals surface area contributed by atoms with Crippen LogP contribution in [0.25, 0.3) is 17.5 Å². The Morgan fingerprint density at radius 1 is 1.08 bits per heavy atom. The smallest absolute Gasteiger partial charge is 0.450 e. The van der Waals surface area contributed by atoms with E-state index < -0.39 is 17.9 Å². The molecule has 38 heavy (non-hydrogen) atoms. The van der Waals surface area contributed by atoms with Crippen LogP contribution < -0.4 is 0 Å². The zero-order valence-electron chi connectivity index (χ0n) is 20.7. The molecular formula is C28H28F3N3O4. The Morgan fingerprint density at radius 2 is 1.76 bits per heavy atom. The largest absolute Gasteiger partial charge is 0.506 e. The average Bonchev–Trinajstić information content (AvgIpc) is 3.36. The van der Waals surface area contributed by atoms with Crippen molar-refractivity contribution in [3.63, 3.8) is 0 Å². The molecule has 1 saturated heterocycles. The van der Waals surface area contributed by atoms with Crippen LogP contribution >= 0.6 is 0 Å². The minimum absolute atomic E-state index is 0.274. The summed E-state index contributed by atoms with van der Waals surface area (Å²) in [6, 6.07) is 13.2. The lowest BCUT2D eigenvalue weighted by Crippen LogP contribution is -2.52. The lowest BCUT2D eigenvalue weighted by Gasteiger charge is -2.37. The molecule has 1 N–H and O–H groups in total. The summed E-state index contributed by atoms with van der Waals surface area (Å²) in [7, 11) is 0. The molecule has 10 heteroatoms. The van der Waals surface area contributed by atoms with Crippen LogP contribution in [0.5, 0.6) is 0 Å². The fraction of sp³-hybridized carbons (Fsp3) is 0.393. The summed E-state index contributed by atoms with van der Waals surface area (Å²) in [4.78, 5) is 17.2. The third kappa shape index (κ3) is 5.91. The molecule has 0 bridgehead atoms. The van der Waals surface area contributed by atoms with Gasteiger partial charge < -0.3 is 14.4 Å². The number of rotatable bonds is 7. The van der Waals surface area contributed by atoms with Gasteiger partial charge in [-0.15, -0.1) is 0 Å². The lowest BCUT2D eigenvalue weighted by molar-refractivity contribution is -0.137. The molecule has 7 nitrogen and oxygen atoms in total. The third-order valence-electron chi connectivity index (χ3n) is 7.33. The van der Waals surface area contributed by atoms with Crippen LogP contribution in [-0.4, -0.2) is 45.5 Å². The number of carboxylic acid groups (broad SMARTS) is 1. The highest BCUT2D eigenvalue weighted by Crippen LogP contribution is 2.42. The quantitative estimate of drug-likeness (QED) is 0.349. The van der Waals surface area contributed by atoms with Gasteiger partial charge in [-0.1, -0.05) is 66.9 Å². The molecule has 3 aromatic rings. The molecule has 5 rings (SSSR count). The van der Waals surface area contributed by atoms with Crippen LogP contribution in [0.4, 0.5) is 18.0 Å². The minimum atomic E-state index is -4.36. The maximum atomic E-state index is 13.1. The highest BCUT2D eigenvalue weighted by atomic mass is 19.4. The molecule has 1 saturated carbocycles. The molecule has 2 heterocycles. The van der Waals surface area contributed by atoms with Crippen molar-refractivity contribution in [3.05, 3.63) is 77.2 Å². The maximum absolute atomic E-state index is 13.1. The number of benzene rings is 2. The van der Waals surface area contributed by atoms with Gasteiger partial charge in [0.25, 0.3) is 5.89 Å². The van der Waals surface area contributed by atoms with Crippen LogP contribution in [0.2, 0.25) is 0 Å². The van der Waals surface area contributed by atoms with Gasteiger partial charge in [-0.05, 0) is 36.1 Å². The second kappa shape index (κ2) is 10.6. The number of hydrogen-bond donors (Lipinski definition) is 1. The number of ether oxygens (including phenoxy) is 1. The van der Waals surface area contributed by atoms with E-state index in [-0.39, 0.29) is 11.5 Å². The van der Waals surface area contributed by atoms with Crippen molar-refractivity contribution < 1.29 is 32.3 Å². The second-order valence-corrected chi connectivity index (χ2v) is 9.98. The third-order valence-corrected chi connectivity index (χ3v) is 7.33. The molecule has 2 aliphatic rings. The predicted octanol–water partition coefficient (Wildman–Crippen LogP) is 6.55. The molecular weight excluding hydrogens is 499 g/mol. The number of nitrogens with zero attached hydrogens (tertiary/aromatic N) is 3. The molecule has 0 atom stereocenters. The molecule has 1 aliphatic carbocycles. The normalized spacial score (nSPS) is 18.4. The Balaban J connectivity index is 1.25. The van der Waals surface area contributed by atoms with Crippen LogP contribution in [0, 0.1) is 0 Å². The monoisotopic (exact) mass is 527 g/mol. The van der Waals surface area contributed by atoms with Crippen molar-refractivity contribution in [2.45, 2.75) is 56.3 Å². The van der Waals surface area contributed by atoms with Crippen molar-refractivity contribution in [2.24, 2.45) is 0 Å². The van der Waals surface area contributed by atoms with Gasteiger partial charge in [0.1, 0.15) is 6.10 Å². The highest BCUT2D eigenvalue weighted by Gasteiger charge is 2.34. The number of hydrogen-bond acceptors (Lipinski definition) is 6. The SMILES string of the molecule is O=C(O)OC1CN(Cc2ccc(-c3noc(/C=C/C4(c5ccc(C(F)(F)F)cc5)CCCCC4)n3)cc2)C1. The lowest BCUT2D eigenvalue weighted by atomic mass is 9.69. The molecule has 2 fully saturated rings. The molecule has 2 aromatic carbocycles. The zero-order valence-corrected chi connectivity index (χ0v) is 20.7. The van der Waals surface area contributed by atoms with E-state index in [1.807, 2.05) is 30.3 Å². The summed E-state index contributed by atoms with van der Waals surface area (Å²) in [5.41, 5.74) is 1.71. The first-order valence-corrected chi connectivity index (χ1v) is 12.6. The van der Waals surface area contributed by atoms with E-state index in [0.29, 0.717) is 31.3 Å². The minimum Gasteiger partial charge on any atom is -0.450 e. The first-order valence-electron chi connectivity index (χ1n) is 12.6. The first kappa shape index (κ1) is 26.0. The standard InChI is InChI=1S/C28H28F3N3O4/c29-28(30,31)22-10-8-21(9-11-22)27(13-2-1-3-14-27)15-12-24-32-25(33-38-24)20-6-4-19(5-7-20)16-34-17-23(18-34)37-26(35)36/h4-12,15,23H,1-3,13-14,16-18H2,(H,35,36)/b15-12+. The van der Waals surface area contributed by atoms with Gasteiger partial charge in [0.15, 0.2) is 0 Å². The summed E-state index contributed by atoms with van der Waals surface area (Å²) < 4.78 is 49.3. The van der Waals surface area contributed by atoms with Gasteiger partial charge in [-0.25, -0.2) is 4.79 Å². The van der Waals surface area contributed by atoms with Crippen LogP contribution in [0.15, 0.2) is 59.1 Å².